The molecule has 0 saturated carbocycles. The van der Waals surface area contributed by atoms with E-state index in [4.69, 9.17) is 5.73 Å². The molecule has 14 heavy (non-hydrogen) atoms. The summed E-state index contributed by atoms with van der Waals surface area (Å²) in [5, 5.41) is 0. The van der Waals surface area contributed by atoms with Crippen molar-refractivity contribution in [1.82, 2.24) is 19.9 Å². The predicted octanol–water partition coefficient (Wildman–Crippen LogP) is -2.12. The van der Waals surface area contributed by atoms with E-state index < -0.39 is 16.7 Å². The molecule has 5 N–H and O–H groups in total. The van der Waals surface area contributed by atoms with Crippen LogP contribution in [0.1, 0.15) is 0 Å². The molecule has 2 heterocycles. The van der Waals surface area contributed by atoms with Crippen LogP contribution >= 0.6 is 0 Å². The Labute approximate surface area is 74.8 Å². The van der Waals surface area contributed by atoms with E-state index in [-0.39, 0.29) is 17.1 Å². The fourth-order valence-electron chi connectivity index (χ4n) is 1.03. The highest BCUT2D eigenvalue weighted by molar-refractivity contribution is 5.68. The van der Waals surface area contributed by atoms with Crippen molar-refractivity contribution in [3.05, 3.63) is 31.1 Å². The number of nitrogens with two attached hydrogens (primary N) is 1. The van der Waals surface area contributed by atoms with Crippen LogP contribution in [0, 0.1) is 0 Å². The molecule has 0 amide bonds. The molecular weight excluding hydrogens is 190 g/mol. The normalized spacial score (nSPS) is 10.6. The minimum absolute atomic E-state index is 0.0455. The summed E-state index contributed by atoms with van der Waals surface area (Å²) in [4.78, 5) is 43.0. The maximum atomic E-state index is 11.2. The Bertz CT molecular complexity index is 663. The number of nitrogens with one attached hydrogen (secondary N) is 3. The highest BCUT2D eigenvalue weighted by atomic mass is 16.2. The lowest BCUT2D eigenvalue weighted by atomic mass is 10.5. The van der Waals surface area contributed by atoms with Crippen molar-refractivity contribution < 1.29 is 0 Å². The molecule has 0 aliphatic rings. The van der Waals surface area contributed by atoms with Gasteiger partial charge in [-0.3, -0.25) is 19.4 Å². The van der Waals surface area contributed by atoms with E-state index in [0.717, 1.165) is 0 Å². The molecule has 72 valence electrons. The number of hydrogen-bond acceptors (Lipinski definition) is 5. The first-order valence-corrected chi connectivity index (χ1v) is 3.60. The second-order valence-electron chi connectivity index (χ2n) is 2.58. The average molecular weight is 195 g/mol. The lowest BCUT2D eigenvalue weighted by Crippen LogP contribution is -2.31. The summed E-state index contributed by atoms with van der Waals surface area (Å²) in [6.45, 7) is 0. The fraction of sp³-hybridized carbons (Fsp3) is 0. The van der Waals surface area contributed by atoms with Crippen LogP contribution in [-0.2, 0) is 0 Å². The molecule has 2 aromatic rings. The predicted molar refractivity (Wildman–Crippen MR) is 48.0 cm³/mol. The van der Waals surface area contributed by atoms with Gasteiger partial charge < -0.3 is 15.7 Å². The minimum atomic E-state index is -0.908. The van der Waals surface area contributed by atoms with E-state index in [1.165, 1.54) is 0 Å². The number of fused-ring (bicyclic) bond motifs is 1. The molecule has 0 spiro atoms. The van der Waals surface area contributed by atoms with Gasteiger partial charge in [0.25, 0.3) is 5.56 Å². The van der Waals surface area contributed by atoms with E-state index in [0.29, 0.717) is 0 Å². The zero-order chi connectivity index (χ0) is 10.3. The van der Waals surface area contributed by atoms with E-state index in [1.807, 2.05) is 0 Å². The van der Waals surface area contributed by atoms with Crippen molar-refractivity contribution in [3.63, 3.8) is 0 Å². The maximum absolute atomic E-state index is 11.2. The molecule has 2 rings (SSSR count). The first kappa shape index (κ1) is 8.23. The fourth-order valence-corrected chi connectivity index (χ4v) is 1.03. The Hall–Kier alpha value is -2.38. The molecule has 0 bridgehead atoms. The number of H-pyrrole nitrogens is 3. The van der Waals surface area contributed by atoms with Gasteiger partial charge in [-0.2, -0.15) is 4.98 Å². The zero-order valence-electron chi connectivity index (χ0n) is 6.75. The summed E-state index contributed by atoms with van der Waals surface area (Å²) >= 11 is 0. The van der Waals surface area contributed by atoms with Crippen LogP contribution in [0.15, 0.2) is 14.4 Å². The summed E-state index contributed by atoms with van der Waals surface area (Å²) < 4.78 is 0. The Balaban J connectivity index is 3.11. The summed E-state index contributed by atoms with van der Waals surface area (Å²) in [5.41, 5.74) is 2.68. The van der Waals surface area contributed by atoms with Crippen molar-refractivity contribution in [1.29, 1.82) is 0 Å². The Morgan fingerprint density at radius 1 is 0.929 bits per heavy atom. The molecule has 2 aromatic heterocycles. The van der Waals surface area contributed by atoms with Crippen LogP contribution in [-0.4, -0.2) is 19.9 Å². The van der Waals surface area contributed by atoms with Crippen molar-refractivity contribution in [2.45, 2.75) is 0 Å². The molecule has 8 heteroatoms. The highest BCUT2D eigenvalue weighted by Crippen LogP contribution is 1.94. The van der Waals surface area contributed by atoms with Gasteiger partial charge in [0.05, 0.1) is 0 Å². The largest absolute Gasteiger partial charge is 0.369 e. The monoisotopic (exact) mass is 195 g/mol. The molecule has 0 aliphatic heterocycles. The Morgan fingerprint density at radius 2 is 1.57 bits per heavy atom. The van der Waals surface area contributed by atoms with Crippen LogP contribution in [0.3, 0.4) is 0 Å². The van der Waals surface area contributed by atoms with Crippen molar-refractivity contribution in [3.8, 4) is 0 Å². The van der Waals surface area contributed by atoms with Gasteiger partial charge in [0, 0.05) is 0 Å². The zero-order valence-corrected chi connectivity index (χ0v) is 6.75. The van der Waals surface area contributed by atoms with Crippen LogP contribution in [0.5, 0.6) is 0 Å². The maximum Gasteiger partial charge on any atom is 0.315 e. The van der Waals surface area contributed by atoms with E-state index in [9.17, 15) is 14.4 Å². The first-order valence-electron chi connectivity index (χ1n) is 3.60. The Kier molecular flexibility index (Phi) is 1.50. The number of nitrogens with zero attached hydrogens (tertiary/aromatic N) is 1. The molecular formula is C6H5N5O3. The number of aromatic amines is 3. The van der Waals surface area contributed by atoms with Crippen LogP contribution < -0.4 is 22.4 Å². The number of anilines is 1. The quantitative estimate of drug-likeness (QED) is 0.356. The minimum Gasteiger partial charge on any atom is -0.369 e. The highest BCUT2D eigenvalue weighted by Gasteiger charge is 2.04. The molecule has 0 aromatic carbocycles. The second-order valence-corrected chi connectivity index (χ2v) is 2.58. The van der Waals surface area contributed by atoms with E-state index in [2.05, 4.69) is 19.9 Å². The molecule has 0 fully saturated rings. The smallest absolute Gasteiger partial charge is 0.315 e. The van der Waals surface area contributed by atoms with Gasteiger partial charge in [0.1, 0.15) is 0 Å². The van der Waals surface area contributed by atoms with Gasteiger partial charge in [-0.05, 0) is 0 Å². The van der Waals surface area contributed by atoms with Gasteiger partial charge >= 0.3 is 11.1 Å². The molecule has 0 unspecified atom stereocenters. The summed E-state index contributed by atoms with van der Waals surface area (Å²) in [5.74, 6) is -0.134. The van der Waals surface area contributed by atoms with Crippen LogP contribution in [0.2, 0.25) is 0 Å². The molecule has 8 nitrogen and oxygen atoms in total. The number of hydrogen-bond donors (Lipinski definition) is 4. The van der Waals surface area contributed by atoms with Gasteiger partial charge in [0.2, 0.25) is 5.95 Å². The second kappa shape index (κ2) is 2.55. The number of rotatable bonds is 0. The van der Waals surface area contributed by atoms with Gasteiger partial charge in [0.15, 0.2) is 11.2 Å². The van der Waals surface area contributed by atoms with E-state index in [1.54, 1.807) is 0 Å². The number of nitrogen functional groups attached to an aromatic ring is 1. The molecule has 0 saturated heterocycles. The standard InChI is InChI=1S/C6H5N5O3/c7-6-10-2-1(3(12)11-6)8-4(13)5(14)9-2/h(H,8,13)(H4,7,9,10,11,12,14). The summed E-state index contributed by atoms with van der Waals surface area (Å²) in [6, 6.07) is 0. The number of aromatic nitrogens is 4. The Morgan fingerprint density at radius 3 is 2.29 bits per heavy atom. The van der Waals surface area contributed by atoms with Crippen molar-refractivity contribution in [2.75, 3.05) is 5.73 Å². The topological polar surface area (TPSA) is 137 Å². The van der Waals surface area contributed by atoms with Crippen molar-refractivity contribution in [2.24, 2.45) is 0 Å². The molecule has 0 aliphatic carbocycles. The third-order valence-corrected chi connectivity index (χ3v) is 1.61. The van der Waals surface area contributed by atoms with Crippen LogP contribution in [0.4, 0.5) is 5.95 Å². The third-order valence-electron chi connectivity index (χ3n) is 1.61. The molecule has 0 radical (unpaired) electrons. The van der Waals surface area contributed by atoms with Gasteiger partial charge in [-0.1, -0.05) is 0 Å². The SMILES string of the molecule is Nc1nc2[nH]c(=O)c(=O)[nH]c2c(=O)[nH]1. The molecule has 0 atom stereocenters. The average Bonchev–Trinajstić information content (AvgIpc) is 2.08. The lowest BCUT2D eigenvalue weighted by Gasteiger charge is -1.95. The van der Waals surface area contributed by atoms with Gasteiger partial charge in [-0.15, -0.1) is 0 Å². The summed E-state index contributed by atoms with van der Waals surface area (Å²) in [7, 11) is 0. The third kappa shape index (κ3) is 1.09. The van der Waals surface area contributed by atoms with Gasteiger partial charge in [-0.25, -0.2) is 0 Å². The summed E-state index contributed by atoms with van der Waals surface area (Å²) in [6.07, 6.45) is 0. The first-order chi connectivity index (χ1) is 6.58. The van der Waals surface area contributed by atoms with Crippen molar-refractivity contribution >= 4 is 17.1 Å². The van der Waals surface area contributed by atoms with E-state index >= 15 is 0 Å². The lowest BCUT2D eigenvalue weighted by molar-refractivity contribution is 1.07. The van der Waals surface area contributed by atoms with Crippen LogP contribution in [0.25, 0.3) is 11.2 Å².